The lowest BCUT2D eigenvalue weighted by molar-refractivity contribution is -0.135. The summed E-state index contributed by atoms with van der Waals surface area (Å²) in [7, 11) is 1.30. The van der Waals surface area contributed by atoms with Gasteiger partial charge < -0.3 is 13.9 Å². The molecular formula is C24H22N2O5. The zero-order chi connectivity index (χ0) is 21.8. The highest BCUT2D eigenvalue weighted by Crippen LogP contribution is 2.33. The van der Waals surface area contributed by atoms with E-state index in [-0.39, 0.29) is 29.9 Å². The van der Waals surface area contributed by atoms with Crippen LogP contribution < -0.4 is 4.74 Å². The molecular weight excluding hydrogens is 396 g/mol. The average Bonchev–Trinajstić information content (AvgIpc) is 3.47. The number of carbonyl (C=O) groups excluding carboxylic acids is 2. The van der Waals surface area contributed by atoms with Gasteiger partial charge in [0, 0.05) is 6.42 Å². The van der Waals surface area contributed by atoms with Gasteiger partial charge in [0.1, 0.15) is 23.1 Å². The van der Waals surface area contributed by atoms with Gasteiger partial charge in [0.2, 0.25) is 0 Å². The van der Waals surface area contributed by atoms with Gasteiger partial charge in [-0.15, -0.1) is 0 Å². The number of rotatable bonds is 6. The normalized spacial score (nSPS) is 15.5. The minimum Gasteiger partial charge on any atom is -0.483 e. The van der Waals surface area contributed by atoms with Gasteiger partial charge in [-0.1, -0.05) is 42.0 Å². The number of amides is 1. The van der Waals surface area contributed by atoms with Crippen LogP contribution in [0, 0.1) is 6.92 Å². The van der Waals surface area contributed by atoms with Crippen LogP contribution in [0.3, 0.4) is 0 Å². The summed E-state index contributed by atoms with van der Waals surface area (Å²) in [6, 6.07) is 17.9. The first-order chi connectivity index (χ1) is 15.1. The lowest BCUT2D eigenvalue weighted by Crippen LogP contribution is -2.31. The summed E-state index contributed by atoms with van der Waals surface area (Å²) in [5.74, 6) is 0.0499. The number of ether oxygens (including phenoxy) is 2. The van der Waals surface area contributed by atoms with Crippen molar-refractivity contribution in [1.82, 2.24) is 5.01 Å². The van der Waals surface area contributed by atoms with Crippen LogP contribution in [0.5, 0.6) is 5.75 Å². The minimum atomic E-state index is -0.530. The first-order valence-corrected chi connectivity index (χ1v) is 9.87. The Balaban J connectivity index is 1.56. The fraction of sp³-hybridized carbons (Fsp3) is 0.208. The van der Waals surface area contributed by atoms with Crippen molar-refractivity contribution in [2.75, 3.05) is 13.7 Å². The molecule has 0 saturated heterocycles. The number of hydrazone groups is 1. The lowest BCUT2D eigenvalue weighted by atomic mass is 10.0. The SMILES string of the molecule is COC(=O)c1ccccc1OCC(=O)N1N=C(c2ccc(C)cc2)C[C@@H]1c1ccco1. The molecule has 7 nitrogen and oxygen atoms in total. The van der Waals surface area contributed by atoms with Crippen molar-refractivity contribution in [2.24, 2.45) is 5.10 Å². The number of methoxy groups -OCH3 is 1. The first-order valence-electron chi connectivity index (χ1n) is 9.87. The number of benzene rings is 2. The van der Waals surface area contributed by atoms with E-state index in [4.69, 9.17) is 13.9 Å². The van der Waals surface area contributed by atoms with E-state index in [0.29, 0.717) is 12.2 Å². The number of esters is 1. The van der Waals surface area contributed by atoms with Crippen molar-refractivity contribution >= 4 is 17.6 Å². The third-order valence-corrected chi connectivity index (χ3v) is 5.07. The smallest absolute Gasteiger partial charge is 0.341 e. The second-order valence-electron chi connectivity index (χ2n) is 7.16. The van der Waals surface area contributed by atoms with Gasteiger partial charge in [0.15, 0.2) is 6.61 Å². The maximum Gasteiger partial charge on any atom is 0.341 e. The fourth-order valence-corrected chi connectivity index (χ4v) is 3.44. The topological polar surface area (TPSA) is 81.3 Å². The van der Waals surface area contributed by atoms with E-state index in [0.717, 1.165) is 16.8 Å². The van der Waals surface area contributed by atoms with Crippen molar-refractivity contribution in [1.29, 1.82) is 0 Å². The maximum atomic E-state index is 13.0. The Labute approximate surface area is 179 Å². The van der Waals surface area contributed by atoms with Gasteiger partial charge in [-0.2, -0.15) is 5.10 Å². The van der Waals surface area contributed by atoms with Crippen LogP contribution in [0.25, 0.3) is 0 Å². The van der Waals surface area contributed by atoms with Crippen LogP contribution in [0.2, 0.25) is 0 Å². The van der Waals surface area contributed by atoms with Gasteiger partial charge in [0.25, 0.3) is 5.91 Å². The molecule has 3 aromatic rings. The standard InChI is InChI=1S/C24H22N2O5/c1-16-9-11-17(12-10-16)19-14-20(22-8-5-13-30-22)26(25-19)23(27)15-31-21-7-4-3-6-18(21)24(28)29-2/h3-13,20H,14-15H2,1-2H3/t20-/m1/s1. The Kier molecular flexibility index (Phi) is 5.84. The monoisotopic (exact) mass is 418 g/mol. The summed E-state index contributed by atoms with van der Waals surface area (Å²) in [6.07, 6.45) is 2.10. The summed E-state index contributed by atoms with van der Waals surface area (Å²) >= 11 is 0. The van der Waals surface area contributed by atoms with Gasteiger partial charge in [0.05, 0.1) is 19.1 Å². The minimum absolute atomic E-state index is 0.255. The summed E-state index contributed by atoms with van der Waals surface area (Å²) in [5.41, 5.74) is 3.15. The van der Waals surface area contributed by atoms with Crippen molar-refractivity contribution < 1.29 is 23.5 Å². The number of furan rings is 1. The molecule has 158 valence electrons. The molecule has 1 aliphatic rings. The lowest BCUT2D eigenvalue weighted by Gasteiger charge is -2.20. The fourth-order valence-electron chi connectivity index (χ4n) is 3.44. The molecule has 0 radical (unpaired) electrons. The highest BCUT2D eigenvalue weighted by Gasteiger charge is 2.35. The molecule has 2 aromatic carbocycles. The number of hydrogen-bond donors (Lipinski definition) is 0. The quantitative estimate of drug-likeness (QED) is 0.562. The molecule has 1 aliphatic heterocycles. The zero-order valence-electron chi connectivity index (χ0n) is 17.3. The number of hydrogen-bond acceptors (Lipinski definition) is 6. The molecule has 2 heterocycles. The number of para-hydroxylation sites is 1. The largest absolute Gasteiger partial charge is 0.483 e. The van der Waals surface area contributed by atoms with Gasteiger partial charge in [-0.25, -0.2) is 9.80 Å². The third-order valence-electron chi connectivity index (χ3n) is 5.07. The van der Waals surface area contributed by atoms with E-state index in [1.54, 1.807) is 36.6 Å². The molecule has 7 heteroatoms. The van der Waals surface area contributed by atoms with Crippen molar-refractivity contribution in [3.05, 3.63) is 89.4 Å². The Morgan fingerprint density at radius 2 is 1.87 bits per heavy atom. The van der Waals surface area contributed by atoms with Gasteiger partial charge in [-0.05, 0) is 36.8 Å². The highest BCUT2D eigenvalue weighted by molar-refractivity contribution is 6.03. The zero-order valence-corrected chi connectivity index (χ0v) is 17.3. The molecule has 4 rings (SSSR count). The van der Waals surface area contributed by atoms with Crippen molar-refractivity contribution in [3.8, 4) is 5.75 Å². The van der Waals surface area contributed by atoms with E-state index in [1.807, 2.05) is 37.3 Å². The third kappa shape index (κ3) is 4.35. The molecule has 0 spiro atoms. The summed E-state index contributed by atoms with van der Waals surface area (Å²) in [6.45, 7) is 1.74. The molecule has 0 N–H and O–H groups in total. The van der Waals surface area contributed by atoms with Crippen molar-refractivity contribution in [2.45, 2.75) is 19.4 Å². The Morgan fingerprint density at radius 3 is 2.58 bits per heavy atom. The molecule has 0 fully saturated rings. The average molecular weight is 418 g/mol. The highest BCUT2D eigenvalue weighted by atomic mass is 16.5. The summed E-state index contributed by atoms with van der Waals surface area (Å²) in [5, 5.41) is 5.98. The van der Waals surface area contributed by atoms with Crippen LogP contribution >= 0.6 is 0 Å². The molecule has 1 amide bonds. The predicted molar refractivity (Wildman–Crippen MR) is 114 cm³/mol. The van der Waals surface area contributed by atoms with E-state index >= 15 is 0 Å². The van der Waals surface area contributed by atoms with Crippen LogP contribution in [-0.4, -0.2) is 36.3 Å². The molecule has 1 aromatic heterocycles. The van der Waals surface area contributed by atoms with Crippen LogP contribution in [-0.2, 0) is 9.53 Å². The number of nitrogens with zero attached hydrogens (tertiary/aromatic N) is 2. The second kappa shape index (κ2) is 8.87. The van der Waals surface area contributed by atoms with E-state index in [2.05, 4.69) is 5.10 Å². The molecule has 31 heavy (non-hydrogen) atoms. The maximum absolute atomic E-state index is 13.0. The molecule has 0 unspecified atom stereocenters. The molecule has 1 atom stereocenters. The van der Waals surface area contributed by atoms with Gasteiger partial charge >= 0.3 is 5.97 Å². The van der Waals surface area contributed by atoms with E-state index < -0.39 is 5.97 Å². The van der Waals surface area contributed by atoms with E-state index in [9.17, 15) is 9.59 Å². The van der Waals surface area contributed by atoms with Crippen LogP contribution in [0.1, 0.15) is 39.7 Å². The summed E-state index contributed by atoms with van der Waals surface area (Å²) in [4.78, 5) is 25.0. The van der Waals surface area contributed by atoms with E-state index in [1.165, 1.54) is 12.1 Å². The predicted octanol–water partition coefficient (Wildman–Crippen LogP) is 4.13. The molecule has 0 bridgehead atoms. The Morgan fingerprint density at radius 1 is 1.10 bits per heavy atom. The number of carbonyl (C=O) groups is 2. The molecule has 0 aliphatic carbocycles. The van der Waals surface area contributed by atoms with Crippen molar-refractivity contribution in [3.63, 3.8) is 0 Å². The van der Waals surface area contributed by atoms with Crippen LogP contribution in [0.4, 0.5) is 0 Å². The van der Waals surface area contributed by atoms with Gasteiger partial charge in [-0.3, -0.25) is 4.79 Å². The first kappa shape index (κ1) is 20.4. The molecule has 0 saturated carbocycles. The Hall–Kier alpha value is -3.87. The Bertz CT molecular complexity index is 1100. The number of aryl methyl sites for hydroxylation is 1. The summed E-state index contributed by atoms with van der Waals surface area (Å²) < 4.78 is 16.0. The van der Waals surface area contributed by atoms with Crippen LogP contribution in [0.15, 0.2) is 76.4 Å². The second-order valence-corrected chi connectivity index (χ2v) is 7.16.